The molecule has 1 saturated heterocycles. The predicted molar refractivity (Wildman–Crippen MR) is 105 cm³/mol. The van der Waals surface area contributed by atoms with Crippen molar-refractivity contribution in [3.05, 3.63) is 57.3 Å². The number of benzene rings is 2. The molecule has 1 aromatic heterocycles. The van der Waals surface area contributed by atoms with Crippen LogP contribution < -0.4 is 4.74 Å². The summed E-state index contributed by atoms with van der Waals surface area (Å²) in [6.45, 7) is 1.85. The molecule has 0 spiro atoms. The van der Waals surface area contributed by atoms with Crippen LogP contribution in [0.4, 0.5) is 0 Å². The Labute approximate surface area is 166 Å². The lowest BCUT2D eigenvalue weighted by molar-refractivity contribution is 0.0963. The van der Waals surface area contributed by atoms with Gasteiger partial charge in [-0.25, -0.2) is 4.98 Å². The van der Waals surface area contributed by atoms with Gasteiger partial charge >= 0.3 is 0 Å². The van der Waals surface area contributed by atoms with Crippen LogP contribution in [0.25, 0.3) is 11.0 Å². The molecule has 0 amide bonds. The van der Waals surface area contributed by atoms with Crippen molar-refractivity contribution in [1.82, 2.24) is 9.55 Å². The molecule has 0 N–H and O–H groups in total. The summed E-state index contributed by atoms with van der Waals surface area (Å²) >= 11 is 18.3. The number of fused-ring (bicyclic) bond motifs is 1. The highest BCUT2D eigenvalue weighted by molar-refractivity contribution is 6.35. The Hall–Kier alpha value is -1.46. The molecule has 1 aliphatic heterocycles. The van der Waals surface area contributed by atoms with Crippen LogP contribution in [-0.2, 0) is 17.9 Å². The molecular weight excluding hydrogens is 395 g/mol. The predicted octanol–water partition coefficient (Wildman–Crippen LogP) is 5.75. The Morgan fingerprint density at radius 1 is 1.12 bits per heavy atom. The van der Waals surface area contributed by atoms with E-state index in [2.05, 4.69) is 4.57 Å². The maximum Gasteiger partial charge on any atom is 0.148 e. The van der Waals surface area contributed by atoms with Gasteiger partial charge in [0.1, 0.15) is 18.2 Å². The molecule has 0 bridgehead atoms. The zero-order valence-electron chi connectivity index (χ0n) is 13.9. The minimum atomic E-state index is 0.195. The summed E-state index contributed by atoms with van der Waals surface area (Å²) in [7, 11) is 0. The average Bonchev–Trinajstić information content (AvgIpc) is 3.22. The SMILES string of the molecule is Clc1ccc(OCc2nc3cc(Cl)ccc3n2CC2CCCO2)c(Cl)c1. The highest BCUT2D eigenvalue weighted by Gasteiger charge is 2.20. The van der Waals surface area contributed by atoms with Gasteiger partial charge in [-0.15, -0.1) is 0 Å². The van der Waals surface area contributed by atoms with Gasteiger partial charge in [-0.3, -0.25) is 0 Å². The fourth-order valence-corrected chi connectivity index (χ4v) is 3.82. The van der Waals surface area contributed by atoms with Crippen molar-refractivity contribution < 1.29 is 9.47 Å². The Morgan fingerprint density at radius 2 is 1.92 bits per heavy atom. The second kappa shape index (κ2) is 7.65. The standard InChI is InChI=1S/C19H17Cl3N2O2/c20-12-4-6-18(15(22)8-12)26-11-19-23-16-9-13(21)3-5-17(16)24(19)10-14-2-1-7-25-14/h3-6,8-9,14H,1-2,7,10-11H2. The van der Waals surface area contributed by atoms with Crippen LogP contribution >= 0.6 is 34.8 Å². The van der Waals surface area contributed by atoms with Gasteiger partial charge in [-0.05, 0) is 49.2 Å². The number of imidazole rings is 1. The third-order valence-corrected chi connectivity index (χ3v) is 5.22. The molecule has 0 radical (unpaired) electrons. The molecule has 2 aromatic carbocycles. The smallest absolute Gasteiger partial charge is 0.148 e. The molecule has 1 fully saturated rings. The molecule has 2 heterocycles. The van der Waals surface area contributed by atoms with Crippen LogP contribution in [-0.4, -0.2) is 22.3 Å². The van der Waals surface area contributed by atoms with Gasteiger partial charge in [-0.1, -0.05) is 34.8 Å². The van der Waals surface area contributed by atoms with E-state index in [1.54, 1.807) is 18.2 Å². The normalized spacial score (nSPS) is 17.1. The van der Waals surface area contributed by atoms with E-state index in [0.29, 0.717) is 27.4 Å². The van der Waals surface area contributed by atoms with Gasteiger partial charge in [0.2, 0.25) is 0 Å². The molecule has 1 aliphatic rings. The van der Waals surface area contributed by atoms with Crippen molar-refractivity contribution in [1.29, 1.82) is 0 Å². The van der Waals surface area contributed by atoms with Crippen LogP contribution in [0.3, 0.4) is 0 Å². The van der Waals surface area contributed by atoms with Crippen molar-refractivity contribution in [2.45, 2.75) is 32.1 Å². The van der Waals surface area contributed by atoms with Crippen LogP contribution in [0.1, 0.15) is 18.7 Å². The molecule has 4 nitrogen and oxygen atoms in total. The van der Waals surface area contributed by atoms with Crippen molar-refractivity contribution in [3.8, 4) is 5.75 Å². The van der Waals surface area contributed by atoms with E-state index in [1.165, 1.54) is 0 Å². The summed E-state index contributed by atoms with van der Waals surface area (Å²) in [6, 6.07) is 10.9. The van der Waals surface area contributed by atoms with Gasteiger partial charge in [0.25, 0.3) is 0 Å². The van der Waals surface area contributed by atoms with Gasteiger partial charge in [-0.2, -0.15) is 0 Å². The number of aromatic nitrogens is 2. The number of halogens is 3. The number of hydrogen-bond donors (Lipinski definition) is 0. The average molecular weight is 412 g/mol. The van der Waals surface area contributed by atoms with E-state index in [0.717, 1.165) is 42.9 Å². The topological polar surface area (TPSA) is 36.3 Å². The summed E-state index contributed by atoms with van der Waals surface area (Å²) in [5.74, 6) is 1.38. The van der Waals surface area contributed by atoms with E-state index in [-0.39, 0.29) is 6.10 Å². The fraction of sp³-hybridized carbons (Fsp3) is 0.316. The molecule has 3 aromatic rings. The van der Waals surface area contributed by atoms with Crippen LogP contribution in [0.5, 0.6) is 5.75 Å². The Bertz CT molecular complexity index is 936. The Kier molecular flexibility index (Phi) is 5.28. The quantitative estimate of drug-likeness (QED) is 0.536. The summed E-state index contributed by atoms with van der Waals surface area (Å²) in [5, 5.41) is 1.71. The molecule has 1 unspecified atom stereocenters. The Balaban J connectivity index is 1.63. The molecule has 7 heteroatoms. The maximum absolute atomic E-state index is 6.20. The number of ether oxygens (including phenoxy) is 2. The lowest BCUT2D eigenvalue weighted by Gasteiger charge is -2.15. The van der Waals surface area contributed by atoms with E-state index in [4.69, 9.17) is 49.3 Å². The molecule has 136 valence electrons. The van der Waals surface area contributed by atoms with E-state index in [9.17, 15) is 0 Å². The summed E-state index contributed by atoms with van der Waals surface area (Å²) in [4.78, 5) is 4.71. The Morgan fingerprint density at radius 3 is 2.69 bits per heavy atom. The van der Waals surface area contributed by atoms with Crippen LogP contribution in [0.15, 0.2) is 36.4 Å². The highest BCUT2D eigenvalue weighted by Crippen LogP contribution is 2.29. The van der Waals surface area contributed by atoms with E-state index < -0.39 is 0 Å². The molecule has 1 atom stereocenters. The lowest BCUT2D eigenvalue weighted by Crippen LogP contribution is -2.18. The molecule has 0 saturated carbocycles. The minimum absolute atomic E-state index is 0.195. The third-order valence-electron chi connectivity index (χ3n) is 4.45. The van der Waals surface area contributed by atoms with Crippen LogP contribution in [0.2, 0.25) is 15.1 Å². The first-order chi connectivity index (χ1) is 12.6. The molecule has 26 heavy (non-hydrogen) atoms. The van der Waals surface area contributed by atoms with Crippen LogP contribution in [0, 0.1) is 0 Å². The van der Waals surface area contributed by atoms with Gasteiger partial charge in [0.05, 0.1) is 28.7 Å². The first-order valence-electron chi connectivity index (χ1n) is 8.44. The van der Waals surface area contributed by atoms with Gasteiger partial charge in [0.15, 0.2) is 0 Å². The second-order valence-corrected chi connectivity index (χ2v) is 7.55. The lowest BCUT2D eigenvalue weighted by atomic mass is 10.2. The molecular formula is C19H17Cl3N2O2. The summed E-state index contributed by atoms with van der Waals surface area (Å²) in [6.07, 6.45) is 2.34. The first-order valence-corrected chi connectivity index (χ1v) is 9.57. The monoisotopic (exact) mass is 410 g/mol. The largest absolute Gasteiger partial charge is 0.484 e. The number of hydrogen-bond acceptors (Lipinski definition) is 3. The van der Waals surface area contributed by atoms with E-state index >= 15 is 0 Å². The summed E-state index contributed by atoms with van der Waals surface area (Å²) in [5.41, 5.74) is 1.86. The van der Waals surface area contributed by atoms with Crippen molar-refractivity contribution in [3.63, 3.8) is 0 Å². The zero-order chi connectivity index (χ0) is 18.1. The molecule has 0 aliphatic carbocycles. The highest BCUT2D eigenvalue weighted by atomic mass is 35.5. The second-order valence-electron chi connectivity index (χ2n) is 6.27. The number of nitrogens with zero attached hydrogens (tertiary/aromatic N) is 2. The zero-order valence-corrected chi connectivity index (χ0v) is 16.2. The van der Waals surface area contributed by atoms with Crippen molar-refractivity contribution in [2.24, 2.45) is 0 Å². The van der Waals surface area contributed by atoms with Gasteiger partial charge < -0.3 is 14.0 Å². The van der Waals surface area contributed by atoms with Gasteiger partial charge in [0, 0.05) is 16.7 Å². The maximum atomic E-state index is 6.20. The number of rotatable bonds is 5. The minimum Gasteiger partial charge on any atom is -0.484 e. The third kappa shape index (κ3) is 3.79. The van der Waals surface area contributed by atoms with Crippen molar-refractivity contribution in [2.75, 3.05) is 6.61 Å². The summed E-state index contributed by atoms with van der Waals surface area (Å²) < 4.78 is 13.8. The van der Waals surface area contributed by atoms with E-state index in [1.807, 2.05) is 18.2 Å². The van der Waals surface area contributed by atoms with Crippen molar-refractivity contribution >= 4 is 45.8 Å². The fourth-order valence-electron chi connectivity index (χ4n) is 3.19. The molecule has 4 rings (SSSR count). The first kappa shape index (κ1) is 17.9.